The third-order valence-corrected chi connectivity index (χ3v) is 6.12. The predicted octanol–water partition coefficient (Wildman–Crippen LogP) is 2.19. The van der Waals surface area contributed by atoms with E-state index in [1.54, 1.807) is 0 Å². The van der Waals surface area contributed by atoms with Crippen LogP contribution >= 0.6 is 0 Å². The summed E-state index contributed by atoms with van der Waals surface area (Å²) in [5.74, 6) is 0.437. The van der Waals surface area contributed by atoms with E-state index in [1.807, 2.05) is 13.8 Å². The molecule has 5 fully saturated rings. The molecule has 0 aromatic carbocycles. The Labute approximate surface area is 119 Å². The van der Waals surface area contributed by atoms with Crippen LogP contribution in [0.3, 0.4) is 0 Å². The van der Waals surface area contributed by atoms with E-state index >= 15 is 0 Å². The quantitative estimate of drug-likeness (QED) is 0.691. The summed E-state index contributed by atoms with van der Waals surface area (Å²) in [6.45, 7) is 6.22. The Morgan fingerprint density at radius 3 is 2.65 bits per heavy atom. The molecule has 4 heterocycles. The van der Waals surface area contributed by atoms with Gasteiger partial charge in [0, 0.05) is 18.3 Å². The van der Waals surface area contributed by atoms with Gasteiger partial charge in [0.1, 0.15) is 0 Å². The molecule has 0 aromatic rings. The fourth-order valence-corrected chi connectivity index (χ4v) is 4.89. The van der Waals surface area contributed by atoms with Crippen LogP contribution in [-0.2, 0) is 19.2 Å². The normalized spacial score (nSPS) is 61.8. The Morgan fingerprint density at radius 1 is 1.05 bits per heavy atom. The van der Waals surface area contributed by atoms with Crippen LogP contribution in [0.2, 0.25) is 0 Å². The standard InChI is InChI=1S/C15H24O5/c1-8-4-5-11-9(2)12(16)17-13-15(11)10(8)6-7-14(3,18-13)19-20-15/h8-13,16H,4-7H2,1-3H3/t8?,9?,10-,11-,12?,13-,14-,15-/m1/s1. The highest BCUT2D eigenvalue weighted by Gasteiger charge is 2.69. The molecule has 8 atom stereocenters. The zero-order valence-electron chi connectivity index (χ0n) is 12.4. The summed E-state index contributed by atoms with van der Waals surface area (Å²) in [6, 6.07) is 0. The van der Waals surface area contributed by atoms with Crippen LogP contribution in [0.1, 0.15) is 46.5 Å². The number of aliphatic hydroxyl groups excluding tert-OH is 1. The first-order valence-electron chi connectivity index (χ1n) is 7.84. The molecule has 5 rings (SSSR count). The lowest BCUT2D eigenvalue weighted by Crippen LogP contribution is -2.70. The maximum absolute atomic E-state index is 10.2. The van der Waals surface area contributed by atoms with Crippen molar-refractivity contribution in [3.05, 3.63) is 0 Å². The van der Waals surface area contributed by atoms with Crippen molar-refractivity contribution < 1.29 is 24.4 Å². The zero-order chi connectivity index (χ0) is 14.1. The first kappa shape index (κ1) is 13.5. The van der Waals surface area contributed by atoms with E-state index in [-0.39, 0.29) is 11.8 Å². The van der Waals surface area contributed by atoms with Crippen molar-refractivity contribution in [3.8, 4) is 0 Å². The maximum atomic E-state index is 10.2. The van der Waals surface area contributed by atoms with Gasteiger partial charge in [-0.25, -0.2) is 9.78 Å². The van der Waals surface area contributed by atoms with Crippen LogP contribution in [0, 0.1) is 23.7 Å². The summed E-state index contributed by atoms with van der Waals surface area (Å²) in [4.78, 5) is 11.6. The summed E-state index contributed by atoms with van der Waals surface area (Å²) >= 11 is 0. The molecule has 1 saturated carbocycles. The molecular formula is C15H24O5. The molecule has 0 aromatic heterocycles. The number of fused-ring (bicyclic) bond motifs is 2. The third-order valence-electron chi connectivity index (χ3n) is 6.12. The van der Waals surface area contributed by atoms with E-state index in [0.29, 0.717) is 11.8 Å². The van der Waals surface area contributed by atoms with Gasteiger partial charge in [0.05, 0.1) is 0 Å². The van der Waals surface area contributed by atoms with E-state index in [1.165, 1.54) is 6.42 Å². The van der Waals surface area contributed by atoms with Crippen LogP contribution in [0.15, 0.2) is 0 Å². The minimum Gasteiger partial charge on any atom is -0.368 e. The van der Waals surface area contributed by atoms with Crippen LogP contribution in [0.25, 0.3) is 0 Å². The first-order chi connectivity index (χ1) is 9.46. The lowest BCUT2D eigenvalue weighted by atomic mass is 9.58. The Kier molecular flexibility index (Phi) is 2.81. The second kappa shape index (κ2) is 4.17. The largest absolute Gasteiger partial charge is 0.368 e. The second-order valence-corrected chi connectivity index (χ2v) is 7.30. The van der Waals surface area contributed by atoms with Crippen molar-refractivity contribution in [1.29, 1.82) is 0 Å². The lowest BCUT2D eigenvalue weighted by molar-refractivity contribution is -0.576. The summed E-state index contributed by atoms with van der Waals surface area (Å²) in [5.41, 5.74) is -0.549. The minimum absolute atomic E-state index is 0.0379. The molecule has 1 aliphatic carbocycles. The molecule has 4 aliphatic heterocycles. The van der Waals surface area contributed by atoms with Gasteiger partial charge in [-0.2, -0.15) is 0 Å². The summed E-state index contributed by atoms with van der Waals surface area (Å²) in [5, 5.41) is 10.2. The Morgan fingerprint density at radius 2 is 1.85 bits per heavy atom. The Balaban J connectivity index is 1.82. The molecular weight excluding hydrogens is 260 g/mol. The van der Waals surface area contributed by atoms with Crippen LogP contribution in [0.5, 0.6) is 0 Å². The fraction of sp³-hybridized carbons (Fsp3) is 1.00. The van der Waals surface area contributed by atoms with Crippen molar-refractivity contribution in [2.75, 3.05) is 0 Å². The van der Waals surface area contributed by atoms with Crippen LogP contribution < -0.4 is 0 Å². The molecule has 114 valence electrons. The molecule has 5 heteroatoms. The fourth-order valence-electron chi connectivity index (χ4n) is 4.89. The molecule has 20 heavy (non-hydrogen) atoms. The molecule has 4 saturated heterocycles. The monoisotopic (exact) mass is 284 g/mol. The van der Waals surface area contributed by atoms with Crippen molar-refractivity contribution in [2.24, 2.45) is 23.7 Å². The van der Waals surface area contributed by atoms with Gasteiger partial charge in [-0.15, -0.1) is 0 Å². The highest BCUT2D eigenvalue weighted by Crippen LogP contribution is 2.60. The number of rotatable bonds is 0. The molecule has 3 unspecified atom stereocenters. The van der Waals surface area contributed by atoms with Crippen molar-refractivity contribution in [3.63, 3.8) is 0 Å². The lowest BCUT2D eigenvalue weighted by Gasteiger charge is -2.59. The summed E-state index contributed by atoms with van der Waals surface area (Å²) in [7, 11) is 0. The van der Waals surface area contributed by atoms with Crippen molar-refractivity contribution >= 4 is 0 Å². The van der Waals surface area contributed by atoms with E-state index in [9.17, 15) is 5.11 Å². The topological polar surface area (TPSA) is 57.2 Å². The van der Waals surface area contributed by atoms with Crippen molar-refractivity contribution in [2.45, 2.75) is 70.4 Å². The number of hydrogen-bond acceptors (Lipinski definition) is 5. The van der Waals surface area contributed by atoms with Gasteiger partial charge in [-0.1, -0.05) is 13.8 Å². The maximum Gasteiger partial charge on any atom is 0.201 e. The van der Waals surface area contributed by atoms with Gasteiger partial charge in [0.2, 0.25) is 5.79 Å². The summed E-state index contributed by atoms with van der Waals surface area (Å²) < 4.78 is 11.9. The Bertz CT molecular complexity index is 411. The minimum atomic E-state index is -0.781. The molecule has 1 N–H and O–H groups in total. The first-order valence-corrected chi connectivity index (χ1v) is 7.84. The van der Waals surface area contributed by atoms with E-state index < -0.39 is 24.0 Å². The van der Waals surface area contributed by atoms with E-state index in [0.717, 1.165) is 19.3 Å². The van der Waals surface area contributed by atoms with Gasteiger partial charge in [0.25, 0.3) is 0 Å². The van der Waals surface area contributed by atoms with Crippen molar-refractivity contribution in [1.82, 2.24) is 0 Å². The van der Waals surface area contributed by atoms with Gasteiger partial charge < -0.3 is 14.6 Å². The van der Waals surface area contributed by atoms with Gasteiger partial charge in [-0.05, 0) is 38.0 Å². The number of aliphatic hydroxyl groups is 1. The van der Waals surface area contributed by atoms with Gasteiger partial charge in [-0.3, -0.25) is 0 Å². The average molecular weight is 284 g/mol. The molecule has 1 spiro atoms. The van der Waals surface area contributed by atoms with Crippen LogP contribution in [0.4, 0.5) is 0 Å². The molecule has 5 nitrogen and oxygen atoms in total. The van der Waals surface area contributed by atoms with Gasteiger partial charge in [0.15, 0.2) is 18.2 Å². The number of ether oxygens (including phenoxy) is 2. The predicted molar refractivity (Wildman–Crippen MR) is 69.0 cm³/mol. The molecule has 0 radical (unpaired) electrons. The average Bonchev–Trinajstić information content (AvgIpc) is 2.63. The van der Waals surface area contributed by atoms with E-state index in [4.69, 9.17) is 19.2 Å². The molecule has 2 bridgehead atoms. The second-order valence-electron chi connectivity index (χ2n) is 7.30. The Hall–Kier alpha value is -0.200. The van der Waals surface area contributed by atoms with E-state index in [2.05, 4.69) is 6.92 Å². The molecule has 5 aliphatic rings. The summed E-state index contributed by atoms with van der Waals surface area (Å²) in [6.07, 6.45) is 2.72. The zero-order valence-corrected chi connectivity index (χ0v) is 12.4. The smallest absolute Gasteiger partial charge is 0.201 e. The highest BCUT2D eigenvalue weighted by molar-refractivity contribution is 5.08. The SMILES string of the molecule is CC1CC[C@@H]2C(C)C(O)O[C@@H]3O[C@@]4(C)CC[C@H]1[C@]32OO4. The van der Waals surface area contributed by atoms with Gasteiger partial charge >= 0.3 is 0 Å². The highest BCUT2D eigenvalue weighted by atomic mass is 17.3. The molecule has 0 amide bonds. The number of hydrogen-bond donors (Lipinski definition) is 1. The van der Waals surface area contributed by atoms with Crippen LogP contribution in [-0.4, -0.2) is 29.1 Å². The third kappa shape index (κ3) is 1.56.